The number of aromatic nitrogens is 4. The van der Waals surface area contributed by atoms with Crippen LogP contribution in [0.25, 0.3) is 5.69 Å². The number of hydrogen-bond donors (Lipinski definition) is 1. The van der Waals surface area contributed by atoms with E-state index < -0.39 is 0 Å². The van der Waals surface area contributed by atoms with Crippen molar-refractivity contribution in [1.29, 1.82) is 0 Å². The van der Waals surface area contributed by atoms with E-state index in [-0.39, 0.29) is 6.04 Å². The summed E-state index contributed by atoms with van der Waals surface area (Å²) in [4.78, 5) is 8.40. The first kappa shape index (κ1) is 19.3. The Balaban J connectivity index is 1.28. The smallest absolute Gasteiger partial charge is 0.138 e. The molecule has 0 fully saturated rings. The molecule has 0 radical (unpaired) electrons. The maximum atomic E-state index is 5.81. The van der Waals surface area contributed by atoms with Gasteiger partial charge in [-0.2, -0.15) is 5.10 Å². The lowest BCUT2D eigenvalue weighted by molar-refractivity contribution is 0.302. The highest BCUT2D eigenvalue weighted by Gasteiger charge is 2.06. The highest BCUT2D eigenvalue weighted by Crippen LogP contribution is 2.18. The second kappa shape index (κ2) is 8.98. The molecule has 1 N–H and O–H groups in total. The van der Waals surface area contributed by atoms with E-state index in [0.29, 0.717) is 6.61 Å². The minimum Gasteiger partial charge on any atom is -0.487 e. The van der Waals surface area contributed by atoms with Gasteiger partial charge >= 0.3 is 0 Å². The standard InChI is InChI=1S/C22H23N5OS/c1-16(19-5-7-21(8-6-19)27-15-23-14-25-27)24-11-18-3-9-22(10-4-18)28-12-20-13-29-17(2)26-20/h3-10,13-16,24H,11-12H2,1-2H3. The largest absolute Gasteiger partial charge is 0.487 e. The Labute approximate surface area is 174 Å². The third-order valence-electron chi connectivity index (χ3n) is 4.67. The summed E-state index contributed by atoms with van der Waals surface area (Å²) < 4.78 is 7.56. The Morgan fingerprint density at radius 1 is 1.10 bits per heavy atom. The molecule has 2 heterocycles. The molecular weight excluding hydrogens is 382 g/mol. The van der Waals surface area contributed by atoms with Crippen LogP contribution in [0.1, 0.15) is 34.8 Å². The normalized spacial score (nSPS) is 12.1. The second-order valence-electron chi connectivity index (χ2n) is 6.82. The molecule has 1 atom stereocenters. The van der Waals surface area contributed by atoms with Gasteiger partial charge in [0.2, 0.25) is 0 Å². The van der Waals surface area contributed by atoms with E-state index in [2.05, 4.69) is 63.7 Å². The molecule has 0 aliphatic heterocycles. The van der Waals surface area contributed by atoms with Gasteiger partial charge in [0.1, 0.15) is 25.0 Å². The molecule has 6 nitrogen and oxygen atoms in total. The summed E-state index contributed by atoms with van der Waals surface area (Å²) in [6, 6.07) is 16.8. The van der Waals surface area contributed by atoms with E-state index in [0.717, 1.165) is 28.7 Å². The van der Waals surface area contributed by atoms with Crippen LogP contribution < -0.4 is 10.1 Å². The molecule has 0 amide bonds. The predicted molar refractivity (Wildman–Crippen MR) is 114 cm³/mol. The zero-order valence-electron chi connectivity index (χ0n) is 16.4. The molecule has 1 unspecified atom stereocenters. The van der Waals surface area contributed by atoms with Gasteiger partial charge in [-0.1, -0.05) is 24.3 Å². The summed E-state index contributed by atoms with van der Waals surface area (Å²) in [6.07, 6.45) is 3.23. The fourth-order valence-electron chi connectivity index (χ4n) is 2.98. The van der Waals surface area contributed by atoms with E-state index in [1.54, 1.807) is 22.3 Å². The Morgan fingerprint density at radius 2 is 1.90 bits per heavy atom. The van der Waals surface area contributed by atoms with Crippen LogP contribution in [0.5, 0.6) is 5.75 Å². The summed E-state index contributed by atoms with van der Waals surface area (Å²) in [5.41, 5.74) is 4.42. The average molecular weight is 406 g/mol. The SMILES string of the molecule is Cc1nc(COc2ccc(CNC(C)c3ccc(-n4cncn4)cc3)cc2)cs1. The van der Waals surface area contributed by atoms with Crippen LogP contribution in [0.4, 0.5) is 0 Å². The van der Waals surface area contributed by atoms with Gasteiger partial charge in [0.25, 0.3) is 0 Å². The zero-order valence-corrected chi connectivity index (χ0v) is 17.3. The summed E-state index contributed by atoms with van der Waals surface area (Å²) in [7, 11) is 0. The van der Waals surface area contributed by atoms with Crippen molar-refractivity contribution >= 4 is 11.3 Å². The summed E-state index contributed by atoms with van der Waals surface area (Å²) in [5.74, 6) is 0.858. The van der Waals surface area contributed by atoms with Gasteiger partial charge in [-0.05, 0) is 49.2 Å². The molecule has 29 heavy (non-hydrogen) atoms. The monoisotopic (exact) mass is 405 g/mol. The summed E-state index contributed by atoms with van der Waals surface area (Å²) >= 11 is 1.64. The van der Waals surface area contributed by atoms with Gasteiger partial charge in [0.05, 0.1) is 16.4 Å². The van der Waals surface area contributed by atoms with Crippen molar-refractivity contribution in [3.8, 4) is 11.4 Å². The fourth-order valence-corrected chi connectivity index (χ4v) is 3.58. The molecule has 4 aromatic rings. The highest BCUT2D eigenvalue weighted by atomic mass is 32.1. The average Bonchev–Trinajstić information content (AvgIpc) is 3.43. The van der Waals surface area contributed by atoms with Crippen molar-refractivity contribution in [3.05, 3.63) is 88.4 Å². The Morgan fingerprint density at radius 3 is 2.55 bits per heavy atom. The number of hydrogen-bond acceptors (Lipinski definition) is 6. The molecule has 4 rings (SSSR count). The van der Waals surface area contributed by atoms with Crippen LogP contribution in [0.3, 0.4) is 0 Å². The molecule has 0 saturated heterocycles. The van der Waals surface area contributed by atoms with Crippen molar-refractivity contribution in [2.45, 2.75) is 33.0 Å². The number of ether oxygens (including phenoxy) is 1. The van der Waals surface area contributed by atoms with E-state index in [1.165, 1.54) is 17.5 Å². The molecule has 2 aromatic carbocycles. The van der Waals surface area contributed by atoms with Crippen LogP contribution in [-0.4, -0.2) is 19.7 Å². The van der Waals surface area contributed by atoms with Crippen molar-refractivity contribution in [2.24, 2.45) is 0 Å². The van der Waals surface area contributed by atoms with Crippen LogP contribution in [-0.2, 0) is 13.2 Å². The van der Waals surface area contributed by atoms with Crippen LogP contribution in [0, 0.1) is 6.92 Å². The van der Waals surface area contributed by atoms with Crippen LogP contribution in [0.2, 0.25) is 0 Å². The lowest BCUT2D eigenvalue weighted by Crippen LogP contribution is -2.18. The molecule has 0 spiro atoms. The van der Waals surface area contributed by atoms with Crippen LogP contribution in [0.15, 0.2) is 66.6 Å². The van der Waals surface area contributed by atoms with E-state index in [4.69, 9.17) is 4.74 Å². The number of aryl methyl sites for hydroxylation is 1. The Bertz CT molecular complexity index is 1030. The fraction of sp³-hybridized carbons (Fsp3) is 0.227. The van der Waals surface area contributed by atoms with E-state index in [1.807, 2.05) is 24.4 Å². The van der Waals surface area contributed by atoms with Gasteiger partial charge in [-0.15, -0.1) is 11.3 Å². The maximum absolute atomic E-state index is 5.81. The van der Waals surface area contributed by atoms with Crippen molar-refractivity contribution < 1.29 is 4.74 Å². The quantitative estimate of drug-likeness (QED) is 0.469. The number of nitrogens with zero attached hydrogens (tertiary/aromatic N) is 4. The number of nitrogens with one attached hydrogen (secondary N) is 1. The molecule has 0 aliphatic carbocycles. The summed E-state index contributed by atoms with van der Waals surface area (Å²) in [6.45, 7) is 5.46. The minimum atomic E-state index is 0.239. The zero-order chi connectivity index (χ0) is 20.1. The molecule has 0 bridgehead atoms. The van der Waals surface area contributed by atoms with Gasteiger partial charge < -0.3 is 10.1 Å². The first-order valence-electron chi connectivity index (χ1n) is 9.48. The third-order valence-corrected chi connectivity index (χ3v) is 5.49. The lowest BCUT2D eigenvalue weighted by Gasteiger charge is -2.15. The van der Waals surface area contributed by atoms with Crippen molar-refractivity contribution in [1.82, 2.24) is 25.1 Å². The molecular formula is C22H23N5OS. The van der Waals surface area contributed by atoms with Crippen molar-refractivity contribution in [2.75, 3.05) is 0 Å². The topological polar surface area (TPSA) is 64.9 Å². The van der Waals surface area contributed by atoms with Gasteiger partial charge in [0, 0.05) is 18.0 Å². The maximum Gasteiger partial charge on any atom is 0.138 e. The Hall–Kier alpha value is -3.03. The van der Waals surface area contributed by atoms with Crippen LogP contribution >= 0.6 is 11.3 Å². The lowest BCUT2D eigenvalue weighted by atomic mass is 10.1. The number of rotatable bonds is 8. The predicted octanol–water partition coefficient (Wildman–Crippen LogP) is 4.46. The van der Waals surface area contributed by atoms with E-state index in [9.17, 15) is 0 Å². The molecule has 148 valence electrons. The minimum absolute atomic E-state index is 0.239. The van der Waals surface area contributed by atoms with Crippen molar-refractivity contribution in [3.63, 3.8) is 0 Å². The Kier molecular flexibility index (Phi) is 5.97. The van der Waals surface area contributed by atoms with E-state index >= 15 is 0 Å². The number of benzene rings is 2. The van der Waals surface area contributed by atoms with Gasteiger partial charge in [0.15, 0.2) is 0 Å². The molecule has 0 aliphatic rings. The summed E-state index contributed by atoms with van der Waals surface area (Å²) in [5, 5.41) is 10.8. The first-order chi connectivity index (χ1) is 14.2. The molecule has 0 saturated carbocycles. The van der Waals surface area contributed by atoms with Gasteiger partial charge in [-0.25, -0.2) is 14.6 Å². The first-order valence-corrected chi connectivity index (χ1v) is 10.4. The highest BCUT2D eigenvalue weighted by molar-refractivity contribution is 7.09. The molecule has 2 aromatic heterocycles. The van der Waals surface area contributed by atoms with Gasteiger partial charge in [-0.3, -0.25) is 0 Å². The third kappa shape index (κ3) is 5.07. The number of thiazole rings is 1. The molecule has 7 heteroatoms. The second-order valence-corrected chi connectivity index (χ2v) is 7.89.